The molecule has 4 nitrogen and oxygen atoms in total. The summed E-state index contributed by atoms with van der Waals surface area (Å²) in [5.74, 6) is -1.04. The minimum Gasteiger partial charge on any atom is -0.331 e. The lowest BCUT2D eigenvalue weighted by Gasteiger charge is -2.17. The van der Waals surface area contributed by atoms with Crippen molar-refractivity contribution in [1.29, 1.82) is 0 Å². The van der Waals surface area contributed by atoms with Crippen LogP contribution in [0.1, 0.15) is 12.8 Å². The molecular formula is C11H8BrFN2O2S. The fraction of sp³-hybridized carbons (Fsp3) is 0.182. The summed E-state index contributed by atoms with van der Waals surface area (Å²) in [5.41, 5.74) is 0.494. The van der Waals surface area contributed by atoms with Crippen molar-refractivity contribution in [3.63, 3.8) is 0 Å². The number of hydrogen-bond donors (Lipinski definition) is 1. The number of halogens is 2. The standard InChI is InChI=1S/C11H8BrFN2O2S/c12-7-5-6(13)1-2-8(7)14-11(18)15-9(16)3-4-10(15)17/h1-2,5H,3-4H2,(H,14,18). The highest BCUT2D eigenvalue weighted by Gasteiger charge is 2.32. The van der Waals surface area contributed by atoms with Gasteiger partial charge in [-0.1, -0.05) is 0 Å². The summed E-state index contributed by atoms with van der Waals surface area (Å²) in [6.07, 6.45) is 0.344. The van der Waals surface area contributed by atoms with E-state index in [2.05, 4.69) is 21.2 Å². The van der Waals surface area contributed by atoms with Crippen molar-refractivity contribution < 1.29 is 14.0 Å². The molecule has 2 amide bonds. The molecule has 0 atom stereocenters. The van der Waals surface area contributed by atoms with Crippen molar-refractivity contribution in [3.05, 3.63) is 28.5 Å². The van der Waals surface area contributed by atoms with Gasteiger partial charge >= 0.3 is 0 Å². The van der Waals surface area contributed by atoms with Gasteiger partial charge in [0.25, 0.3) is 0 Å². The van der Waals surface area contributed by atoms with E-state index < -0.39 is 5.82 Å². The highest BCUT2D eigenvalue weighted by atomic mass is 79.9. The zero-order valence-corrected chi connectivity index (χ0v) is 11.5. The van der Waals surface area contributed by atoms with Crippen molar-refractivity contribution in [2.24, 2.45) is 0 Å². The lowest BCUT2D eigenvalue weighted by atomic mass is 10.3. The molecule has 94 valence electrons. The average molecular weight is 331 g/mol. The fourth-order valence-electron chi connectivity index (χ4n) is 1.57. The Morgan fingerprint density at radius 2 is 1.94 bits per heavy atom. The van der Waals surface area contributed by atoms with E-state index in [0.29, 0.717) is 10.2 Å². The topological polar surface area (TPSA) is 49.4 Å². The molecule has 1 fully saturated rings. The molecule has 1 aliphatic rings. The van der Waals surface area contributed by atoms with Gasteiger partial charge in [0.2, 0.25) is 11.8 Å². The van der Waals surface area contributed by atoms with Crippen molar-refractivity contribution >= 4 is 50.8 Å². The SMILES string of the molecule is O=C1CCC(=O)N1C(=S)Nc1ccc(F)cc1Br. The summed E-state index contributed by atoms with van der Waals surface area (Å²) in [4.78, 5) is 23.9. The number of amides is 2. The lowest BCUT2D eigenvalue weighted by molar-refractivity contribution is -0.133. The quantitative estimate of drug-likeness (QED) is 0.634. The lowest BCUT2D eigenvalue weighted by Crippen LogP contribution is -2.38. The van der Waals surface area contributed by atoms with Gasteiger partial charge in [0.05, 0.1) is 5.69 Å². The zero-order chi connectivity index (χ0) is 13.3. The summed E-state index contributed by atoms with van der Waals surface area (Å²) in [7, 11) is 0. The molecule has 1 heterocycles. The van der Waals surface area contributed by atoms with E-state index >= 15 is 0 Å². The average Bonchev–Trinajstić information content (AvgIpc) is 2.62. The van der Waals surface area contributed by atoms with Crippen molar-refractivity contribution in [1.82, 2.24) is 4.90 Å². The molecule has 1 aromatic rings. The van der Waals surface area contributed by atoms with Gasteiger partial charge in [-0.2, -0.15) is 0 Å². The van der Waals surface area contributed by atoms with Gasteiger partial charge in [-0.15, -0.1) is 0 Å². The summed E-state index contributed by atoms with van der Waals surface area (Å²) >= 11 is 8.16. The van der Waals surface area contributed by atoms with Gasteiger partial charge < -0.3 is 5.32 Å². The van der Waals surface area contributed by atoms with Gasteiger partial charge in [0.15, 0.2) is 5.11 Å². The maximum atomic E-state index is 12.9. The number of nitrogens with zero attached hydrogens (tertiary/aromatic N) is 1. The third-order valence-corrected chi connectivity index (χ3v) is 3.37. The van der Waals surface area contributed by atoms with Crippen LogP contribution in [0.5, 0.6) is 0 Å². The van der Waals surface area contributed by atoms with Gasteiger partial charge in [-0.05, 0) is 46.3 Å². The summed E-state index contributed by atoms with van der Waals surface area (Å²) in [6, 6.07) is 3.98. The number of rotatable bonds is 1. The Hall–Kier alpha value is -1.34. The Morgan fingerprint density at radius 1 is 1.33 bits per heavy atom. The van der Waals surface area contributed by atoms with Crippen LogP contribution in [-0.4, -0.2) is 21.8 Å². The summed E-state index contributed by atoms with van der Waals surface area (Å²) in [5, 5.41) is 2.75. The second kappa shape index (κ2) is 5.11. The van der Waals surface area contributed by atoms with Crippen LogP contribution in [-0.2, 0) is 9.59 Å². The number of benzene rings is 1. The van der Waals surface area contributed by atoms with Crippen LogP contribution in [0.3, 0.4) is 0 Å². The molecule has 1 aliphatic heterocycles. The number of nitrogens with one attached hydrogen (secondary N) is 1. The van der Waals surface area contributed by atoms with Crippen LogP contribution < -0.4 is 5.32 Å². The first-order valence-electron chi connectivity index (χ1n) is 5.11. The third kappa shape index (κ3) is 2.56. The van der Waals surface area contributed by atoms with Crippen LogP contribution in [0.15, 0.2) is 22.7 Å². The molecule has 0 bridgehead atoms. The number of carbonyl (C=O) groups is 2. The first-order valence-corrected chi connectivity index (χ1v) is 6.31. The van der Waals surface area contributed by atoms with Gasteiger partial charge in [-0.3, -0.25) is 9.59 Å². The smallest absolute Gasteiger partial charge is 0.236 e. The maximum absolute atomic E-state index is 12.9. The Kier molecular flexibility index (Phi) is 3.72. The van der Waals surface area contributed by atoms with E-state index in [1.807, 2.05) is 0 Å². The Labute approximate surface area is 116 Å². The molecule has 0 radical (unpaired) electrons. The molecule has 1 saturated heterocycles. The third-order valence-electron chi connectivity index (χ3n) is 2.43. The Balaban J connectivity index is 2.16. The predicted molar refractivity (Wildman–Crippen MR) is 71.4 cm³/mol. The van der Waals surface area contributed by atoms with E-state index in [1.54, 1.807) is 0 Å². The summed E-state index contributed by atoms with van der Waals surface area (Å²) < 4.78 is 13.4. The van der Waals surface area contributed by atoms with E-state index in [1.165, 1.54) is 18.2 Å². The molecule has 1 N–H and O–H groups in total. The zero-order valence-electron chi connectivity index (χ0n) is 9.07. The number of hydrogen-bond acceptors (Lipinski definition) is 3. The largest absolute Gasteiger partial charge is 0.331 e. The highest BCUT2D eigenvalue weighted by molar-refractivity contribution is 9.10. The van der Waals surface area contributed by atoms with Crippen molar-refractivity contribution in [2.75, 3.05) is 5.32 Å². The van der Waals surface area contributed by atoms with Crippen LogP contribution in [0.4, 0.5) is 10.1 Å². The monoisotopic (exact) mass is 330 g/mol. The molecule has 0 spiro atoms. The molecule has 0 aliphatic carbocycles. The molecule has 0 saturated carbocycles. The van der Waals surface area contributed by atoms with Gasteiger partial charge in [0.1, 0.15) is 5.82 Å². The van der Waals surface area contributed by atoms with Crippen LogP contribution >= 0.6 is 28.1 Å². The van der Waals surface area contributed by atoms with Crippen LogP contribution in [0.2, 0.25) is 0 Å². The van der Waals surface area contributed by atoms with Crippen LogP contribution in [0, 0.1) is 5.82 Å². The highest BCUT2D eigenvalue weighted by Crippen LogP contribution is 2.24. The molecule has 18 heavy (non-hydrogen) atoms. The number of imide groups is 1. The second-order valence-corrected chi connectivity index (χ2v) is 4.92. The summed E-state index contributed by atoms with van der Waals surface area (Å²) in [6.45, 7) is 0. The maximum Gasteiger partial charge on any atom is 0.236 e. The van der Waals surface area contributed by atoms with E-state index in [9.17, 15) is 14.0 Å². The van der Waals surface area contributed by atoms with Gasteiger partial charge in [-0.25, -0.2) is 9.29 Å². The first kappa shape index (κ1) is 13.1. The molecule has 1 aromatic carbocycles. The number of anilines is 1. The Morgan fingerprint density at radius 3 is 2.50 bits per heavy atom. The molecule has 2 rings (SSSR count). The molecule has 0 aromatic heterocycles. The fourth-order valence-corrected chi connectivity index (χ4v) is 2.33. The van der Waals surface area contributed by atoms with E-state index in [0.717, 1.165) is 4.90 Å². The van der Waals surface area contributed by atoms with Crippen LogP contribution in [0.25, 0.3) is 0 Å². The van der Waals surface area contributed by atoms with Crippen molar-refractivity contribution in [3.8, 4) is 0 Å². The van der Waals surface area contributed by atoms with Crippen molar-refractivity contribution in [2.45, 2.75) is 12.8 Å². The number of carbonyl (C=O) groups excluding carboxylic acids is 2. The molecule has 7 heteroatoms. The van der Waals surface area contributed by atoms with Gasteiger partial charge in [0, 0.05) is 17.3 Å². The minimum atomic E-state index is -0.397. The predicted octanol–water partition coefficient (Wildman–Crippen LogP) is 2.43. The minimum absolute atomic E-state index is 0.00908. The first-order chi connectivity index (χ1) is 8.49. The normalized spacial score (nSPS) is 15.1. The number of likely N-dealkylation sites (tertiary alicyclic amines) is 1. The second-order valence-electron chi connectivity index (χ2n) is 3.68. The Bertz CT molecular complexity index is 534. The van der Waals surface area contributed by atoms with E-state index in [4.69, 9.17) is 12.2 Å². The molecule has 0 unspecified atom stereocenters. The number of thiocarbonyl (C=S) groups is 1. The van der Waals surface area contributed by atoms with E-state index in [-0.39, 0.29) is 29.8 Å². The molecular weight excluding hydrogens is 323 g/mol.